The number of fused-ring (bicyclic) bond motifs is 1. The third-order valence-corrected chi connectivity index (χ3v) is 7.20. The molecule has 0 saturated carbocycles. The molecule has 9 heteroatoms. The zero-order valence-electron chi connectivity index (χ0n) is 22.2. The number of halogens is 1. The van der Waals surface area contributed by atoms with Crippen molar-refractivity contribution in [2.24, 2.45) is 0 Å². The predicted molar refractivity (Wildman–Crippen MR) is 147 cm³/mol. The van der Waals surface area contributed by atoms with E-state index in [1.165, 1.54) is 31.3 Å². The molecule has 1 atom stereocenters. The molecular formula is C30H28ClNO7. The zero-order valence-corrected chi connectivity index (χ0v) is 23.0. The van der Waals surface area contributed by atoms with Gasteiger partial charge in [0.15, 0.2) is 11.5 Å². The normalized spacial score (nSPS) is 18.0. The number of aliphatic hydroxyl groups excluding tert-OH is 1. The lowest BCUT2D eigenvalue weighted by Gasteiger charge is -2.27. The minimum atomic E-state index is -0.939. The molecule has 0 aromatic heterocycles. The summed E-state index contributed by atoms with van der Waals surface area (Å²) in [5, 5.41) is 11.9. The molecule has 202 valence electrons. The topological polar surface area (TPSA) is 94.5 Å². The van der Waals surface area contributed by atoms with E-state index in [0.717, 1.165) is 5.56 Å². The number of carbonyl (C=O) groups excluding carboxylic acids is 2. The predicted octanol–water partition coefficient (Wildman–Crippen LogP) is 6.01. The van der Waals surface area contributed by atoms with Crippen LogP contribution in [0, 0.1) is 0 Å². The number of hydrogen-bond donors (Lipinski definition) is 1. The summed E-state index contributed by atoms with van der Waals surface area (Å²) < 4.78 is 21.7. The van der Waals surface area contributed by atoms with Gasteiger partial charge in [-0.25, -0.2) is 0 Å². The SMILES string of the molecule is COc1cc(/C(O)=C2\C(=O)C(=O)N(c3ccc4c(c3)OCO4)C2c2ccc(C(C)(C)C)cc2)c(OC)cc1Cl. The Kier molecular flexibility index (Phi) is 6.68. The third-order valence-electron chi connectivity index (χ3n) is 6.90. The van der Waals surface area contributed by atoms with E-state index in [4.69, 9.17) is 30.5 Å². The van der Waals surface area contributed by atoms with E-state index in [-0.39, 0.29) is 39.9 Å². The van der Waals surface area contributed by atoms with Crippen molar-refractivity contribution in [3.8, 4) is 23.0 Å². The average molecular weight is 550 g/mol. The van der Waals surface area contributed by atoms with Crippen LogP contribution >= 0.6 is 11.6 Å². The molecule has 2 aliphatic heterocycles. The van der Waals surface area contributed by atoms with Crippen LogP contribution in [0.4, 0.5) is 5.69 Å². The first-order valence-corrected chi connectivity index (χ1v) is 12.7. The second kappa shape index (κ2) is 9.85. The molecule has 0 aliphatic carbocycles. The second-order valence-corrected chi connectivity index (χ2v) is 10.7. The van der Waals surface area contributed by atoms with Crippen molar-refractivity contribution in [1.29, 1.82) is 0 Å². The Hall–Kier alpha value is -4.17. The molecule has 5 rings (SSSR count). The molecule has 0 bridgehead atoms. The number of nitrogens with zero attached hydrogens (tertiary/aromatic N) is 1. The van der Waals surface area contributed by atoms with Crippen molar-refractivity contribution in [2.45, 2.75) is 32.2 Å². The molecule has 39 heavy (non-hydrogen) atoms. The van der Waals surface area contributed by atoms with Gasteiger partial charge in [0.05, 0.1) is 36.4 Å². The molecule has 1 unspecified atom stereocenters. The highest BCUT2D eigenvalue weighted by molar-refractivity contribution is 6.51. The van der Waals surface area contributed by atoms with Crippen molar-refractivity contribution >= 4 is 34.7 Å². The number of Topliss-reactive ketones (excluding diaryl/α,β-unsaturated/α-hetero) is 1. The molecule has 1 amide bonds. The minimum absolute atomic E-state index is 0.0630. The zero-order chi connectivity index (χ0) is 28.1. The molecular weight excluding hydrogens is 522 g/mol. The fraction of sp³-hybridized carbons (Fsp3) is 0.267. The summed E-state index contributed by atoms with van der Waals surface area (Å²) in [5.41, 5.74) is 2.11. The summed E-state index contributed by atoms with van der Waals surface area (Å²) in [5.74, 6) is -0.552. The summed E-state index contributed by atoms with van der Waals surface area (Å²) in [7, 11) is 2.86. The van der Waals surface area contributed by atoms with Gasteiger partial charge in [0.1, 0.15) is 17.3 Å². The Morgan fingerprint density at radius 3 is 2.26 bits per heavy atom. The first-order chi connectivity index (χ1) is 18.5. The van der Waals surface area contributed by atoms with E-state index >= 15 is 0 Å². The van der Waals surface area contributed by atoms with Gasteiger partial charge in [0, 0.05) is 17.8 Å². The van der Waals surface area contributed by atoms with Crippen LogP contribution in [0.2, 0.25) is 5.02 Å². The molecule has 3 aromatic rings. The van der Waals surface area contributed by atoms with E-state index in [2.05, 4.69) is 20.8 Å². The van der Waals surface area contributed by atoms with E-state index in [9.17, 15) is 14.7 Å². The maximum absolute atomic E-state index is 13.6. The smallest absolute Gasteiger partial charge is 0.300 e. The molecule has 0 radical (unpaired) electrons. The number of anilines is 1. The molecule has 0 spiro atoms. The molecule has 2 heterocycles. The third kappa shape index (κ3) is 4.55. The average Bonchev–Trinajstić information content (AvgIpc) is 3.49. The number of ketones is 1. The highest BCUT2D eigenvalue weighted by Crippen LogP contribution is 2.46. The van der Waals surface area contributed by atoms with Crippen LogP contribution in [-0.4, -0.2) is 37.8 Å². The van der Waals surface area contributed by atoms with Crippen LogP contribution < -0.4 is 23.8 Å². The summed E-state index contributed by atoms with van der Waals surface area (Å²) >= 11 is 6.27. The van der Waals surface area contributed by atoms with Gasteiger partial charge in [-0.3, -0.25) is 14.5 Å². The number of benzene rings is 3. The van der Waals surface area contributed by atoms with Gasteiger partial charge >= 0.3 is 0 Å². The van der Waals surface area contributed by atoms with E-state index < -0.39 is 23.5 Å². The van der Waals surface area contributed by atoms with Crippen molar-refractivity contribution in [2.75, 3.05) is 25.9 Å². The number of carbonyl (C=O) groups is 2. The summed E-state index contributed by atoms with van der Waals surface area (Å²) in [6, 6.07) is 14.7. The maximum atomic E-state index is 13.6. The van der Waals surface area contributed by atoms with Gasteiger partial charge in [-0.15, -0.1) is 0 Å². The lowest BCUT2D eigenvalue weighted by molar-refractivity contribution is -0.132. The minimum Gasteiger partial charge on any atom is -0.507 e. The molecule has 1 fully saturated rings. The maximum Gasteiger partial charge on any atom is 0.300 e. The van der Waals surface area contributed by atoms with Crippen LogP contribution in [0.25, 0.3) is 5.76 Å². The van der Waals surface area contributed by atoms with Crippen LogP contribution in [0.5, 0.6) is 23.0 Å². The number of rotatable bonds is 5. The van der Waals surface area contributed by atoms with E-state index in [1.807, 2.05) is 24.3 Å². The summed E-state index contributed by atoms with van der Waals surface area (Å²) in [6.45, 7) is 6.36. The lowest BCUT2D eigenvalue weighted by Crippen LogP contribution is -2.29. The molecule has 3 aromatic carbocycles. The number of ether oxygens (including phenoxy) is 4. The van der Waals surface area contributed by atoms with Crippen molar-refractivity contribution in [1.82, 2.24) is 0 Å². The first-order valence-electron chi connectivity index (χ1n) is 12.3. The van der Waals surface area contributed by atoms with E-state index in [0.29, 0.717) is 22.7 Å². The van der Waals surface area contributed by atoms with Crippen LogP contribution in [0.1, 0.15) is 43.5 Å². The highest BCUT2D eigenvalue weighted by Gasteiger charge is 2.47. The van der Waals surface area contributed by atoms with Crippen molar-refractivity contribution in [3.05, 3.63) is 81.9 Å². The van der Waals surface area contributed by atoms with E-state index in [1.54, 1.807) is 18.2 Å². The van der Waals surface area contributed by atoms with Gasteiger partial charge in [-0.2, -0.15) is 0 Å². The fourth-order valence-electron chi connectivity index (χ4n) is 4.81. The quantitative estimate of drug-likeness (QED) is 0.236. The van der Waals surface area contributed by atoms with Crippen molar-refractivity contribution < 1.29 is 33.6 Å². The van der Waals surface area contributed by atoms with Crippen LogP contribution in [-0.2, 0) is 15.0 Å². The second-order valence-electron chi connectivity index (χ2n) is 10.3. The van der Waals surface area contributed by atoms with Gasteiger partial charge in [0.25, 0.3) is 11.7 Å². The van der Waals surface area contributed by atoms with Gasteiger partial charge in [-0.1, -0.05) is 56.6 Å². The fourth-order valence-corrected chi connectivity index (χ4v) is 5.04. The Balaban J connectivity index is 1.74. The molecule has 1 N–H and O–H groups in total. The summed E-state index contributed by atoms with van der Waals surface area (Å²) in [4.78, 5) is 28.5. The van der Waals surface area contributed by atoms with Crippen LogP contribution in [0.15, 0.2) is 60.2 Å². The molecule has 1 saturated heterocycles. The monoisotopic (exact) mass is 549 g/mol. The highest BCUT2D eigenvalue weighted by atomic mass is 35.5. The largest absolute Gasteiger partial charge is 0.507 e. The Labute approximate surface area is 231 Å². The summed E-state index contributed by atoms with van der Waals surface area (Å²) in [6.07, 6.45) is 0. The Bertz CT molecular complexity index is 1500. The first kappa shape index (κ1) is 26.4. The Morgan fingerprint density at radius 1 is 0.949 bits per heavy atom. The number of hydrogen-bond acceptors (Lipinski definition) is 7. The van der Waals surface area contributed by atoms with Crippen LogP contribution in [0.3, 0.4) is 0 Å². The number of aliphatic hydroxyl groups is 1. The standard InChI is InChI=1S/C30H28ClNO7/c1-30(2,3)17-8-6-16(7-9-17)26-25(27(33)19-13-23(37-5)20(31)14-22(19)36-4)28(34)29(35)32(26)18-10-11-21-24(12-18)39-15-38-21/h6-14,26,33H,15H2,1-5H3/b27-25+. The number of methoxy groups -OCH3 is 2. The lowest BCUT2D eigenvalue weighted by atomic mass is 9.85. The molecule has 2 aliphatic rings. The van der Waals surface area contributed by atoms with Gasteiger partial charge in [-0.05, 0) is 34.7 Å². The van der Waals surface area contributed by atoms with Crippen molar-refractivity contribution in [3.63, 3.8) is 0 Å². The molecule has 8 nitrogen and oxygen atoms in total. The number of amides is 1. The van der Waals surface area contributed by atoms with Gasteiger partial charge < -0.3 is 24.1 Å². The van der Waals surface area contributed by atoms with Gasteiger partial charge in [0.2, 0.25) is 6.79 Å². The Morgan fingerprint density at radius 2 is 1.62 bits per heavy atom.